The molecule has 0 N–H and O–H groups in total. The third-order valence-corrected chi connectivity index (χ3v) is 2.58. The Balaban J connectivity index is 1.81. The quantitative estimate of drug-likeness (QED) is 0.773. The van der Waals surface area contributed by atoms with Crippen LogP contribution in [0.4, 0.5) is 0 Å². The van der Waals surface area contributed by atoms with Crippen LogP contribution in [0, 0.1) is 0 Å². The number of hydrogen-bond acceptors (Lipinski definition) is 4. The molecular weight excluding hydrogens is 230 g/mol. The lowest BCUT2D eigenvalue weighted by Crippen LogP contribution is -2.25. The standard InChI is InChI=1S/C13H15N3O2/c1-11(13(17)7-16-10-14-9-15-16)18-8-12-5-3-2-4-6-12/h2-6,9-11H,7-8H2,1H3/t11-/m1/s1. The van der Waals surface area contributed by atoms with E-state index in [2.05, 4.69) is 10.1 Å². The Labute approximate surface area is 105 Å². The molecule has 0 amide bonds. The molecule has 0 bridgehead atoms. The molecule has 5 nitrogen and oxygen atoms in total. The molecule has 0 spiro atoms. The van der Waals surface area contributed by atoms with Gasteiger partial charge in [-0.2, -0.15) is 5.10 Å². The predicted molar refractivity (Wildman–Crippen MR) is 65.7 cm³/mol. The maximum absolute atomic E-state index is 11.8. The number of benzene rings is 1. The molecule has 0 fully saturated rings. The van der Waals surface area contributed by atoms with Gasteiger partial charge in [-0.1, -0.05) is 30.3 Å². The third kappa shape index (κ3) is 3.49. The minimum Gasteiger partial charge on any atom is -0.366 e. The minimum atomic E-state index is -0.450. The van der Waals surface area contributed by atoms with Crippen LogP contribution in [0.3, 0.4) is 0 Å². The summed E-state index contributed by atoms with van der Waals surface area (Å²) in [6.07, 6.45) is 2.47. The second-order valence-electron chi connectivity index (χ2n) is 4.00. The second kappa shape index (κ2) is 6.07. The van der Waals surface area contributed by atoms with E-state index < -0.39 is 6.10 Å². The van der Waals surface area contributed by atoms with Crippen LogP contribution in [0.1, 0.15) is 12.5 Å². The van der Waals surface area contributed by atoms with Gasteiger partial charge in [0.1, 0.15) is 25.3 Å². The van der Waals surface area contributed by atoms with Gasteiger partial charge in [-0.25, -0.2) is 9.67 Å². The molecule has 1 atom stereocenters. The molecule has 0 saturated heterocycles. The largest absolute Gasteiger partial charge is 0.366 e. The Kier molecular flexibility index (Phi) is 4.20. The van der Waals surface area contributed by atoms with Gasteiger partial charge in [0.2, 0.25) is 0 Å². The van der Waals surface area contributed by atoms with Gasteiger partial charge >= 0.3 is 0 Å². The van der Waals surface area contributed by atoms with Crippen LogP contribution in [-0.4, -0.2) is 26.7 Å². The normalized spacial score (nSPS) is 12.3. The number of ketones is 1. The summed E-state index contributed by atoms with van der Waals surface area (Å²) in [5.41, 5.74) is 1.05. The molecule has 0 aliphatic rings. The molecule has 1 aromatic carbocycles. The van der Waals surface area contributed by atoms with Crippen LogP contribution in [0.15, 0.2) is 43.0 Å². The smallest absolute Gasteiger partial charge is 0.182 e. The monoisotopic (exact) mass is 245 g/mol. The summed E-state index contributed by atoms with van der Waals surface area (Å²) in [6, 6.07) is 9.77. The fourth-order valence-electron chi connectivity index (χ4n) is 1.49. The minimum absolute atomic E-state index is 0.0172. The van der Waals surface area contributed by atoms with E-state index >= 15 is 0 Å². The highest BCUT2D eigenvalue weighted by Crippen LogP contribution is 2.04. The van der Waals surface area contributed by atoms with Crippen LogP contribution < -0.4 is 0 Å². The Hall–Kier alpha value is -2.01. The van der Waals surface area contributed by atoms with Crippen LogP contribution in [0.25, 0.3) is 0 Å². The first-order valence-corrected chi connectivity index (χ1v) is 5.76. The number of Topliss-reactive ketones (excluding diaryl/α,β-unsaturated/α-hetero) is 1. The highest BCUT2D eigenvalue weighted by Gasteiger charge is 2.14. The highest BCUT2D eigenvalue weighted by molar-refractivity contribution is 5.82. The Morgan fingerprint density at radius 1 is 1.39 bits per heavy atom. The number of aromatic nitrogens is 3. The zero-order chi connectivity index (χ0) is 12.8. The number of carbonyl (C=O) groups excluding carboxylic acids is 1. The second-order valence-corrected chi connectivity index (χ2v) is 4.00. The Morgan fingerprint density at radius 3 is 2.83 bits per heavy atom. The molecule has 1 aromatic heterocycles. The van der Waals surface area contributed by atoms with Crippen molar-refractivity contribution >= 4 is 5.78 Å². The van der Waals surface area contributed by atoms with Gasteiger partial charge in [-0.15, -0.1) is 0 Å². The molecule has 1 heterocycles. The average molecular weight is 245 g/mol. The molecule has 0 radical (unpaired) electrons. The van der Waals surface area contributed by atoms with Gasteiger partial charge in [0.15, 0.2) is 5.78 Å². The van der Waals surface area contributed by atoms with Crippen molar-refractivity contribution in [2.75, 3.05) is 0 Å². The molecule has 2 rings (SSSR count). The van der Waals surface area contributed by atoms with Crippen molar-refractivity contribution in [1.29, 1.82) is 0 Å². The van der Waals surface area contributed by atoms with Crippen molar-refractivity contribution in [2.45, 2.75) is 26.2 Å². The lowest BCUT2D eigenvalue weighted by molar-refractivity contribution is -0.131. The molecular formula is C13H15N3O2. The summed E-state index contributed by atoms with van der Waals surface area (Å²) in [6.45, 7) is 2.38. The molecule has 0 aliphatic heterocycles. The van der Waals surface area contributed by atoms with E-state index in [4.69, 9.17) is 4.74 Å². The first kappa shape index (κ1) is 12.4. The van der Waals surface area contributed by atoms with Crippen molar-refractivity contribution in [3.8, 4) is 0 Å². The fraction of sp³-hybridized carbons (Fsp3) is 0.308. The molecule has 94 valence electrons. The van der Waals surface area contributed by atoms with Gasteiger partial charge in [0.05, 0.1) is 6.61 Å². The number of rotatable bonds is 6. The van der Waals surface area contributed by atoms with Crippen LogP contribution in [-0.2, 0) is 22.7 Å². The van der Waals surface area contributed by atoms with Crippen LogP contribution in [0.2, 0.25) is 0 Å². The number of carbonyl (C=O) groups is 1. The zero-order valence-electron chi connectivity index (χ0n) is 10.2. The molecule has 0 unspecified atom stereocenters. The fourth-order valence-corrected chi connectivity index (χ4v) is 1.49. The first-order chi connectivity index (χ1) is 8.75. The molecule has 2 aromatic rings. The molecule has 0 saturated carbocycles. The van der Waals surface area contributed by atoms with E-state index in [9.17, 15) is 4.79 Å². The van der Waals surface area contributed by atoms with Crippen molar-refractivity contribution in [2.24, 2.45) is 0 Å². The van der Waals surface area contributed by atoms with Crippen molar-refractivity contribution in [3.05, 3.63) is 48.5 Å². The number of hydrogen-bond donors (Lipinski definition) is 0. The maximum Gasteiger partial charge on any atom is 0.182 e. The Bertz CT molecular complexity index is 482. The molecule has 0 aliphatic carbocycles. The summed E-state index contributed by atoms with van der Waals surface area (Å²) >= 11 is 0. The van der Waals surface area contributed by atoms with Gasteiger partial charge in [0, 0.05) is 0 Å². The van der Waals surface area contributed by atoms with Gasteiger partial charge in [-0.3, -0.25) is 4.79 Å². The van der Waals surface area contributed by atoms with Crippen LogP contribution in [0.5, 0.6) is 0 Å². The van der Waals surface area contributed by atoms with E-state index in [1.165, 1.54) is 17.3 Å². The summed E-state index contributed by atoms with van der Waals surface area (Å²) in [7, 11) is 0. The van der Waals surface area contributed by atoms with E-state index in [0.717, 1.165) is 5.56 Å². The third-order valence-electron chi connectivity index (χ3n) is 2.58. The SMILES string of the molecule is C[C@@H](OCc1ccccc1)C(=O)Cn1cncn1. The summed E-state index contributed by atoms with van der Waals surface area (Å²) in [5, 5.41) is 3.89. The number of ether oxygens (including phenoxy) is 1. The maximum atomic E-state index is 11.8. The van der Waals surface area contributed by atoms with Gasteiger partial charge in [0.25, 0.3) is 0 Å². The lowest BCUT2D eigenvalue weighted by atomic mass is 10.2. The summed E-state index contributed by atoms with van der Waals surface area (Å²) in [4.78, 5) is 15.6. The Morgan fingerprint density at radius 2 is 2.17 bits per heavy atom. The van der Waals surface area contributed by atoms with E-state index in [1.807, 2.05) is 30.3 Å². The molecule has 5 heteroatoms. The predicted octanol–water partition coefficient (Wildman–Crippen LogP) is 1.45. The van der Waals surface area contributed by atoms with E-state index in [0.29, 0.717) is 6.61 Å². The zero-order valence-corrected chi connectivity index (χ0v) is 10.2. The van der Waals surface area contributed by atoms with Gasteiger partial charge < -0.3 is 4.74 Å². The van der Waals surface area contributed by atoms with Crippen molar-refractivity contribution in [1.82, 2.24) is 14.8 Å². The topological polar surface area (TPSA) is 57.0 Å². The number of nitrogens with zero attached hydrogens (tertiary/aromatic N) is 3. The summed E-state index contributed by atoms with van der Waals surface area (Å²) in [5.74, 6) is -0.0172. The molecule has 18 heavy (non-hydrogen) atoms. The van der Waals surface area contributed by atoms with Crippen LogP contribution >= 0.6 is 0 Å². The van der Waals surface area contributed by atoms with E-state index in [1.54, 1.807) is 6.92 Å². The van der Waals surface area contributed by atoms with Crippen molar-refractivity contribution < 1.29 is 9.53 Å². The van der Waals surface area contributed by atoms with Gasteiger partial charge in [-0.05, 0) is 12.5 Å². The van der Waals surface area contributed by atoms with Crippen molar-refractivity contribution in [3.63, 3.8) is 0 Å². The highest BCUT2D eigenvalue weighted by atomic mass is 16.5. The van der Waals surface area contributed by atoms with E-state index in [-0.39, 0.29) is 12.3 Å². The first-order valence-electron chi connectivity index (χ1n) is 5.76. The lowest BCUT2D eigenvalue weighted by Gasteiger charge is -2.11. The average Bonchev–Trinajstić information content (AvgIpc) is 2.90. The summed E-state index contributed by atoms with van der Waals surface area (Å²) < 4.78 is 7.02.